The van der Waals surface area contributed by atoms with Gasteiger partial charge in [0, 0.05) is 17.7 Å². The summed E-state index contributed by atoms with van der Waals surface area (Å²) in [6.07, 6.45) is 12.0. The second-order valence-corrected chi connectivity index (χ2v) is 8.07. The number of aryl methyl sites for hydroxylation is 1. The number of hydrogen-bond acceptors (Lipinski definition) is 5. The molecular weight excluding hydrogens is 390 g/mol. The number of nitrogens with zero attached hydrogens (tertiary/aromatic N) is 2. The minimum absolute atomic E-state index is 0.0424. The summed E-state index contributed by atoms with van der Waals surface area (Å²) >= 11 is 0. The van der Waals surface area contributed by atoms with E-state index in [1.54, 1.807) is 18.2 Å². The molecule has 0 radical (unpaired) electrons. The molecule has 0 aromatic heterocycles. The first-order valence-electron chi connectivity index (χ1n) is 11.4. The summed E-state index contributed by atoms with van der Waals surface area (Å²) in [5.74, 6) is 0.214. The summed E-state index contributed by atoms with van der Waals surface area (Å²) in [5, 5.41) is 25.7. The summed E-state index contributed by atoms with van der Waals surface area (Å²) in [5.41, 5.74) is 6.29. The standard InChI is InChI=1S/C25H35N3O3/c1-3-4-5-6-7-8-9-10-11-12-24(23-19-20(2)13-18-25(23)29)27-26-21-14-16-22(17-15-21)28(30)31/h13-19,26,29H,3-12H2,1-2H3/b27-24-. The Labute approximate surface area is 185 Å². The van der Waals surface area contributed by atoms with E-state index < -0.39 is 4.92 Å². The van der Waals surface area contributed by atoms with E-state index in [1.807, 2.05) is 19.1 Å². The van der Waals surface area contributed by atoms with Crippen LogP contribution in [0.5, 0.6) is 5.75 Å². The lowest BCUT2D eigenvalue weighted by Crippen LogP contribution is -2.06. The Bertz CT molecular complexity index is 848. The zero-order valence-electron chi connectivity index (χ0n) is 18.8. The van der Waals surface area contributed by atoms with Gasteiger partial charge >= 0.3 is 0 Å². The highest BCUT2D eigenvalue weighted by Gasteiger charge is 2.10. The van der Waals surface area contributed by atoms with Gasteiger partial charge in [0.15, 0.2) is 0 Å². The lowest BCUT2D eigenvalue weighted by Gasteiger charge is -2.11. The summed E-state index contributed by atoms with van der Waals surface area (Å²) in [7, 11) is 0. The quantitative estimate of drug-likeness (QED) is 0.143. The summed E-state index contributed by atoms with van der Waals surface area (Å²) in [6, 6.07) is 11.7. The Kier molecular flexibility index (Phi) is 10.6. The molecule has 0 heterocycles. The van der Waals surface area contributed by atoms with Crippen LogP contribution in [0.15, 0.2) is 47.6 Å². The lowest BCUT2D eigenvalue weighted by molar-refractivity contribution is -0.384. The number of aromatic hydroxyl groups is 1. The first-order valence-corrected chi connectivity index (χ1v) is 11.4. The predicted molar refractivity (Wildman–Crippen MR) is 128 cm³/mol. The van der Waals surface area contributed by atoms with Gasteiger partial charge in [-0.25, -0.2) is 0 Å². The third-order valence-corrected chi connectivity index (χ3v) is 5.38. The van der Waals surface area contributed by atoms with Crippen molar-refractivity contribution >= 4 is 17.1 Å². The molecule has 0 saturated heterocycles. The number of anilines is 1. The molecule has 31 heavy (non-hydrogen) atoms. The molecule has 2 N–H and O–H groups in total. The molecule has 0 bridgehead atoms. The van der Waals surface area contributed by atoms with Crippen LogP contribution in [0.3, 0.4) is 0 Å². The first-order chi connectivity index (χ1) is 15.0. The molecule has 2 aromatic rings. The molecule has 168 valence electrons. The maximum atomic E-state index is 10.8. The summed E-state index contributed by atoms with van der Waals surface area (Å²) in [4.78, 5) is 10.4. The van der Waals surface area contributed by atoms with Crippen LogP contribution in [0.4, 0.5) is 11.4 Å². The number of hydrazone groups is 1. The van der Waals surface area contributed by atoms with E-state index in [4.69, 9.17) is 0 Å². The number of phenolic OH excluding ortho intramolecular Hbond substituents is 1. The largest absolute Gasteiger partial charge is 0.507 e. The van der Waals surface area contributed by atoms with Crippen LogP contribution in [0.25, 0.3) is 0 Å². The van der Waals surface area contributed by atoms with Gasteiger partial charge in [-0.2, -0.15) is 5.10 Å². The fourth-order valence-electron chi connectivity index (χ4n) is 3.52. The molecule has 6 nitrogen and oxygen atoms in total. The molecule has 0 unspecified atom stereocenters. The molecule has 0 atom stereocenters. The van der Waals surface area contributed by atoms with Crippen LogP contribution in [-0.4, -0.2) is 15.7 Å². The molecule has 0 aliphatic heterocycles. The molecule has 2 rings (SSSR count). The normalized spacial score (nSPS) is 11.5. The molecule has 6 heteroatoms. The van der Waals surface area contributed by atoms with E-state index in [0.29, 0.717) is 5.69 Å². The van der Waals surface area contributed by atoms with Crippen LogP contribution in [0.2, 0.25) is 0 Å². The van der Waals surface area contributed by atoms with Crippen molar-refractivity contribution in [3.8, 4) is 5.75 Å². The number of non-ortho nitro benzene ring substituents is 1. The van der Waals surface area contributed by atoms with Crippen molar-refractivity contribution < 1.29 is 10.0 Å². The highest BCUT2D eigenvalue weighted by atomic mass is 16.6. The Morgan fingerprint density at radius 3 is 2.19 bits per heavy atom. The Hall–Kier alpha value is -2.89. The van der Waals surface area contributed by atoms with E-state index in [9.17, 15) is 15.2 Å². The number of nitrogens with one attached hydrogen (secondary N) is 1. The fourth-order valence-corrected chi connectivity index (χ4v) is 3.52. The molecule has 0 saturated carbocycles. The molecule has 0 fully saturated rings. The monoisotopic (exact) mass is 425 g/mol. The van der Waals surface area contributed by atoms with Crippen LogP contribution in [-0.2, 0) is 0 Å². The third-order valence-electron chi connectivity index (χ3n) is 5.38. The van der Waals surface area contributed by atoms with Gasteiger partial charge < -0.3 is 5.11 Å². The summed E-state index contributed by atoms with van der Waals surface area (Å²) < 4.78 is 0. The molecule has 2 aromatic carbocycles. The number of phenols is 1. The highest BCUT2D eigenvalue weighted by molar-refractivity contribution is 6.03. The smallest absolute Gasteiger partial charge is 0.269 e. The van der Waals surface area contributed by atoms with Gasteiger partial charge in [0.2, 0.25) is 0 Å². The van der Waals surface area contributed by atoms with E-state index in [0.717, 1.165) is 36.1 Å². The minimum Gasteiger partial charge on any atom is -0.507 e. The van der Waals surface area contributed by atoms with Crippen molar-refractivity contribution in [2.75, 3.05) is 5.43 Å². The van der Waals surface area contributed by atoms with Crippen molar-refractivity contribution in [3.63, 3.8) is 0 Å². The molecule has 0 amide bonds. The zero-order chi connectivity index (χ0) is 22.5. The van der Waals surface area contributed by atoms with Gasteiger partial charge in [0.25, 0.3) is 5.69 Å². The number of unbranched alkanes of at least 4 members (excludes halogenated alkanes) is 8. The van der Waals surface area contributed by atoms with Crippen molar-refractivity contribution in [1.29, 1.82) is 0 Å². The second-order valence-electron chi connectivity index (χ2n) is 8.07. The van der Waals surface area contributed by atoms with Gasteiger partial charge in [-0.05, 0) is 44.0 Å². The Morgan fingerprint density at radius 1 is 0.968 bits per heavy atom. The third kappa shape index (κ3) is 8.79. The number of benzene rings is 2. The van der Waals surface area contributed by atoms with Gasteiger partial charge in [0.1, 0.15) is 5.75 Å². The van der Waals surface area contributed by atoms with E-state index in [2.05, 4.69) is 17.5 Å². The predicted octanol–water partition coefficient (Wildman–Crippen LogP) is 7.35. The number of nitro groups is 1. The fraction of sp³-hybridized carbons (Fsp3) is 0.480. The van der Waals surface area contributed by atoms with Crippen molar-refractivity contribution in [2.24, 2.45) is 5.10 Å². The van der Waals surface area contributed by atoms with Gasteiger partial charge in [0.05, 0.1) is 16.3 Å². The Morgan fingerprint density at radius 2 is 1.58 bits per heavy atom. The van der Waals surface area contributed by atoms with Crippen LogP contribution in [0.1, 0.15) is 82.3 Å². The SMILES string of the molecule is CCCCCCCCCCC/C(=N/Nc1ccc([N+](=O)[O-])cc1)c1cc(C)ccc1O. The maximum absolute atomic E-state index is 10.8. The summed E-state index contributed by atoms with van der Waals surface area (Å²) in [6.45, 7) is 4.23. The Balaban J connectivity index is 1.96. The van der Waals surface area contributed by atoms with E-state index in [1.165, 1.54) is 57.1 Å². The van der Waals surface area contributed by atoms with Crippen LogP contribution < -0.4 is 5.43 Å². The number of nitro benzene ring substituents is 1. The molecule has 0 spiro atoms. The van der Waals surface area contributed by atoms with Crippen LogP contribution >= 0.6 is 0 Å². The highest BCUT2D eigenvalue weighted by Crippen LogP contribution is 2.23. The van der Waals surface area contributed by atoms with E-state index >= 15 is 0 Å². The topological polar surface area (TPSA) is 87.8 Å². The van der Waals surface area contributed by atoms with Gasteiger partial charge in [-0.3, -0.25) is 15.5 Å². The second kappa shape index (κ2) is 13.4. The molecular formula is C25H35N3O3. The number of rotatable bonds is 14. The van der Waals surface area contributed by atoms with E-state index in [-0.39, 0.29) is 11.4 Å². The van der Waals surface area contributed by atoms with Gasteiger partial charge in [-0.1, -0.05) is 69.9 Å². The minimum atomic E-state index is -0.424. The van der Waals surface area contributed by atoms with Crippen molar-refractivity contribution in [1.82, 2.24) is 0 Å². The maximum Gasteiger partial charge on any atom is 0.269 e. The molecule has 0 aliphatic rings. The first kappa shape index (κ1) is 24.4. The zero-order valence-corrected chi connectivity index (χ0v) is 18.8. The lowest BCUT2D eigenvalue weighted by atomic mass is 10.00. The number of hydrogen-bond donors (Lipinski definition) is 2. The average Bonchev–Trinajstić information content (AvgIpc) is 2.76. The molecule has 0 aliphatic carbocycles. The van der Waals surface area contributed by atoms with Crippen molar-refractivity contribution in [3.05, 3.63) is 63.7 Å². The van der Waals surface area contributed by atoms with Crippen molar-refractivity contribution in [2.45, 2.75) is 78.1 Å². The van der Waals surface area contributed by atoms with Gasteiger partial charge in [-0.15, -0.1) is 0 Å². The van der Waals surface area contributed by atoms with Crippen LogP contribution in [0, 0.1) is 17.0 Å². The average molecular weight is 426 g/mol.